The fourth-order valence-electron chi connectivity index (χ4n) is 1.98. The van der Waals surface area contributed by atoms with Crippen LogP contribution in [0, 0.1) is 0 Å². The lowest BCUT2D eigenvalue weighted by atomic mass is 10.1. The highest BCUT2D eigenvalue weighted by molar-refractivity contribution is 5.85. The zero-order valence-electron chi connectivity index (χ0n) is 10.9. The third-order valence-electron chi connectivity index (χ3n) is 3.22. The Bertz CT molecular complexity index is 534. The number of carbonyl (C=O) groups excluding carboxylic acids is 1. The molecule has 98 valence electrons. The second-order valence-electron chi connectivity index (χ2n) is 4.62. The van der Waals surface area contributed by atoms with Gasteiger partial charge in [-0.25, -0.2) is 0 Å². The molecule has 2 aromatic carbocycles. The normalized spacial score (nSPS) is 12.1. The molecule has 0 spiro atoms. The van der Waals surface area contributed by atoms with E-state index in [0.717, 1.165) is 12.1 Å². The molecule has 0 aliphatic carbocycles. The topological polar surface area (TPSA) is 56.7 Å². The molecule has 2 N–H and O–H groups in total. The van der Waals surface area contributed by atoms with Gasteiger partial charge < -0.3 is 15.2 Å². The van der Waals surface area contributed by atoms with E-state index in [1.54, 1.807) is 12.1 Å². The van der Waals surface area contributed by atoms with Crippen LogP contribution in [-0.4, -0.2) is 5.97 Å². The number of hydrogen-bond acceptors (Lipinski definition) is 2. The monoisotopic (exact) mass is 255 g/mol. The quantitative estimate of drug-likeness (QED) is 0.862. The third-order valence-corrected chi connectivity index (χ3v) is 3.22. The minimum Gasteiger partial charge on any atom is -0.545 e. The highest BCUT2D eigenvalue weighted by Gasteiger charge is 2.07. The predicted molar refractivity (Wildman–Crippen MR) is 71.3 cm³/mol. The number of aromatic carboxylic acids is 1. The molecule has 0 bridgehead atoms. The molecule has 3 nitrogen and oxygen atoms in total. The Kier molecular flexibility index (Phi) is 4.31. The summed E-state index contributed by atoms with van der Waals surface area (Å²) in [5.74, 6) is -1.13. The van der Waals surface area contributed by atoms with Crippen LogP contribution in [0.2, 0.25) is 0 Å². The van der Waals surface area contributed by atoms with Crippen LogP contribution in [0.25, 0.3) is 0 Å². The van der Waals surface area contributed by atoms with Gasteiger partial charge in [-0.2, -0.15) is 0 Å². The standard InChI is InChI=1S/C16H17NO2/c1-12(14-5-3-2-4-6-14)17-11-13-7-9-15(10-8-13)16(18)19/h2-10,12,17H,11H2,1H3,(H,18,19)/t12-/m0/s1. The SMILES string of the molecule is C[C@H]([NH2+]Cc1ccc(C(=O)[O-])cc1)c1ccccc1. The van der Waals surface area contributed by atoms with Crippen molar-refractivity contribution in [1.82, 2.24) is 0 Å². The Balaban J connectivity index is 1.93. The van der Waals surface area contributed by atoms with E-state index in [-0.39, 0.29) is 5.56 Å². The van der Waals surface area contributed by atoms with E-state index in [0.29, 0.717) is 6.04 Å². The summed E-state index contributed by atoms with van der Waals surface area (Å²) in [6, 6.07) is 17.5. The maximum Gasteiger partial charge on any atom is 0.109 e. The Morgan fingerprint density at radius 2 is 1.74 bits per heavy atom. The number of benzene rings is 2. The number of carboxylic acids is 1. The van der Waals surface area contributed by atoms with Gasteiger partial charge in [0.1, 0.15) is 12.6 Å². The average Bonchev–Trinajstić information content (AvgIpc) is 2.46. The lowest BCUT2D eigenvalue weighted by Crippen LogP contribution is -2.83. The second-order valence-corrected chi connectivity index (χ2v) is 4.62. The first-order chi connectivity index (χ1) is 9.16. The van der Waals surface area contributed by atoms with Gasteiger partial charge in [0.05, 0.1) is 5.97 Å². The van der Waals surface area contributed by atoms with Crippen molar-refractivity contribution in [3.05, 3.63) is 71.3 Å². The molecule has 2 rings (SSSR count). The molecule has 3 heteroatoms. The lowest BCUT2D eigenvalue weighted by Gasteiger charge is -2.11. The largest absolute Gasteiger partial charge is 0.545 e. The van der Waals surface area contributed by atoms with Gasteiger partial charge in [-0.3, -0.25) is 0 Å². The van der Waals surface area contributed by atoms with E-state index in [2.05, 4.69) is 24.4 Å². The Morgan fingerprint density at radius 3 is 2.32 bits per heavy atom. The van der Waals surface area contributed by atoms with E-state index in [1.807, 2.05) is 30.3 Å². The fraction of sp³-hybridized carbons (Fsp3) is 0.188. The number of rotatable bonds is 5. The Labute approximate surface area is 112 Å². The molecule has 2 aromatic rings. The molecular weight excluding hydrogens is 238 g/mol. The van der Waals surface area contributed by atoms with Crippen LogP contribution in [0.15, 0.2) is 54.6 Å². The molecule has 0 saturated carbocycles. The van der Waals surface area contributed by atoms with Crippen molar-refractivity contribution in [2.24, 2.45) is 0 Å². The molecule has 0 fully saturated rings. The van der Waals surface area contributed by atoms with E-state index in [9.17, 15) is 9.90 Å². The van der Waals surface area contributed by atoms with Crippen molar-refractivity contribution in [1.29, 1.82) is 0 Å². The maximum absolute atomic E-state index is 10.6. The van der Waals surface area contributed by atoms with Crippen molar-refractivity contribution in [2.45, 2.75) is 19.5 Å². The number of carboxylic acid groups (broad SMARTS) is 1. The molecular formula is C16H17NO2. The molecule has 0 amide bonds. The summed E-state index contributed by atoms with van der Waals surface area (Å²) in [7, 11) is 0. The Morgan fingerprint density at radius 1 is 1.11 bits per heavy atom. The van der Waals surface area contributed by atoms with E-state index in [1.165, 1.54) is 5.56 Å². The van der Waals surface area contributed by atoms with Crippen molar-refractivity contribution >= 4 is 5.97 Å². The summed E-state index contributed by atoms with van der Waals surface area (Å²) in [5, 5.41) is 12.9. The summed E-state index contributed by atoms with van der Waals surface area (Å²) < 4.78 is 0. The van der Waals surface area contributed by atoms with Crippen molar-refractivity contribution in [3.63, 3.8) is 0 Å². The number of hydrogen-bond donors (Lipinski definition) is 1. The van der Waals surface area contributed by atoms with Gasteiger partial charge in [0.15, 0.2) is 0 Å². The third kappa shape index (κ3) is 3.66. The van der Waals surface area contributed by atoms with Gasteiger partial charge in [0.25, 0.3) is 0 Å². The van der Waals surface area contributed by atoms with Crippen LogP contribution >= 0.6 is 0 Å². The van der Waals surface area contributed by atoms with Crippen LogP contribution in [0.3, 0.4) is 0 Å². The van der Waals surface area contributed by atoms with Gasteiger partial charge in [0, 0.05) is 11.1 Å². The van der Waals surface area contributed by atoms with Crippen molar-refractivity contribution in [2.75, 3.05) is 0 Å². The molecule has 0 heterocycles. The molecule has 0 aliphatic rings. The van der Waals surface area contributed by atoms with Gasteiger partial charge in [-0.15, -0.1) is 0 Å². The van der Waals surface area contributed by atoms with Gasteiger partial charge in [-0.05, 0) is 12.5 Å². The van der Waals surface area contributed by atoms with Crippen LogP contribution in [0.1, 0.15) is 34.5 Å². The zero-order chi connectivity index (χ0) is 13.7. The van der Waals surface area contributed by atoms with Crippen molar-refractivity contribution in [3.8, 4) is 0 Å². The molecule has 19 heavy (non-hydrogen) atoms. The maximum atomic E-state index is 10.6. The zero-order valence-corrected chi connectivity index (χ0v) is 10.9. The summed E-state index contributed by atoms with van der Waals surface area (Å²) >= 11 is 0. The second kappa shape index (κ2) is 6.16. The van der Waals surface area contributed by atoms with E-state index in [4.69, 9.17) is 0 Å². The van der Waals surface area contributed by atoms with E-state index >= 15 is 0 Å². The summed E-state index contributed by atoms with van der Waals surface area (Å²) in [5.41, 5.74) is 2.61. The summed E-state index contributed by atoms with van der Waals surface area (Å²) in [6.07, 6.45) is 0. The van der Waals surface area contributed by atoms with Gasteiger partial charge in [0.2, 0.25) is 0 Å². The first kappa shape index (κ1) is 13.3. The first-order valence-corrected chi connectivity index (χ1v) is 6.35. The fourth-order valence-corrected chi connectivity index (χ4v) is 1.98. The predicted octanol–water partition coefficient (Wildman–Crippen LogP) is 0.875. The average molecular weight is 255 g/mol. The van der Waals surface area contributed by atoms with Crippen LogP contribution < -0.4 is 10.4 Å². The molecule has 0 aromatic heterocycles. The number of carbonyl (C=O) groups is 1. The van der Waals surface area contributed by atoms with Crippen LogP contribution in [0.4, 0.5) is 0 Å². The minimum atomic E-state index is -1.13. The Hall–Kier alpha value is -2.13. The molecule has 0 unspecified atom stereocenters. The van der Waals surface area contributed by atoms with Gasteiger partial charge >= 0.3 is 0 Å². The smallest absolute Gasteiger partial charge is 0.109 e. The lowest BCUT2D eigenvalue weighted by molar-refractivity contribution is -0.707. The number of quaternary nitrogens is 1. The molecule has 0 radical (unpaired) electrons. The highest BCUT2D eigenvalue weighted by Crippen LogP contribution is 2.07. The highest BCUT2D eigenvalue weighted by atomic mass is 16.4. The van der Waals surface area contributed by atoms with E-state index < -0.39 is 5.97 Å². The first-order valence-electron chi connectivity index (χ1n) is 6.35. The number of nitrogens with two attached hydrogens (primary N) is 1. The van der Waals surface area contributed by atoms with Crippen molar-refractivity contribution < 1.29 is 15.2 Å². The van der Waals surface area contributed by atoms with Crippen LogP contribution in [0.5, 0.6) is 0 Å². The minimum absolute atomic E-state index is 0.222. The van der Waals surface area contributed by atoms with Crippen LogP contribution in [-0.2, 0) is 6.54 Å². The molecule has 1 atom stereocenters. The summed E-state index contributed by atoms with van der Waals surface area (Å²) in [6.45, 7) is 2.98. The van der Waals surface area contributed by atoms with Gasteiger partial charge in [-0.1, -0.05) is 54.6 Å². The molecule has 0 saturated heterocycles. The summed E-state index contributed by atoms with van der Waals surface area (Å²) in [4.78, 5) is 10.6. The molecule has 0 aliphatic heterocycles.